The van der Waals surface area contributed by atoms with Crippen molar-refractivity contribution in [1.82, 2.24) is 4.57 Å². The van der Waals surface area contributed by atoms with Crippen molar-refractivity contribution in [2.75, 3.05) is 5.32 Å². The van der Waals surface area contributed by atoms with Crippen molar-refractivity contribution in [3.8, 4) is 5.75 Å². The average Bonchev–Trinajstić information content (AvgIpc) is 2.88. The summed E-state index contributed by atoms with van der Waals surface area (Å²) in [6, 6.07) is 12.7. The van der Waals surface area contributed by atoms with E-state index in [9.17, 15) is 9.59 Å². The van der Waals surface area contributed by atoms with Crippen LogP contribution in [0.1, 0.15) is 12.5 Å². The Hall–Kier alpha value is -3.28. The molecule has 1 N–H and O–H groups in total. The fraction of sp³-hybridized carbons (Fsp3) is 0.158. The second-order valence-electron chi connectivity index (χ2n) is 5.98. The minimum absolute atomic E-state index is 0.222. The van der Waals surface area contributed by atoms with Crippen LogP contribution in [0.2, 0.25) is 0 Å². The third-order valence-corrected chi connectivity index (χ3v) is 4.35. The number of amides is 1. The van der Waals surface area contributed by atoms with Crippen LogP contribution in [-0.4, -0.2) is 10.5 Å². The Morgan fingerprint density at radius 1 is 1.20 bits per heavy atom. The molecule has 0 fully saturated rings. The predicted molar refractivity (Wildman–Crippen MR) is 93.6 cm³/mol. The van der Waals surface area contributed by atoms with Gasteiger partial charge in [0.2, 0.25) is 0 Å². The molecule has 126 valence electrons. The van der Waals surface area contributed by atoms with Gasteiger partial charge in [0.05, 0.1) is 11.1 Å². The molecule has 0 saturated carbocycles. The fourth-order valence-corrected chi connectivity index (χ4v) is 2.94. The van der Waals surface area contributed by atoms with Crippen LogP contribution in [0, 0.1) is 0 Å². The molecule has 0 saturated heterocycles. The van der Waals surface area contributed by atoms with E-state index in [-0.39, 0.29) is 5.91 Å². The summed E-state index contributed by atoms with van der Waals surface area (Å²) in [6.07, 6.45) is 0.514. The number of rotatable bonds is 2. The Bertz CT molecular complexity index is 1090. The van der Waals surface area contributed by atoms with Crippen molar-refractivity contribution in [2.24, 2.45) is 7.05 Å². The van der Waals surface area contributed by atoms with E-state index >= 15 is 0 Å². The average molecular weight is 336 g/mol. The Morgan fingerprint density at radius 2 is 2.00 bits per heavy atom. The Balaban J connectivity index is 1.62. The van der Waals surface area contributed by atoms with Crippen LogP contribution in [0.3, 0.4) is 0 Å². The van der Waals surface area contributed by atoms with Gasteiger partial charge < -0.3 is 14.5 Å². The van der Waals surface area contributed by atoms with Gasteiger partial charge in [0, 0.05) is 19.2 Å². The van der Waals surface area contributed by atoms with Gasteiger partial charge in [0.15, 0.2) is 5.58 Å². The zero-order chi connectivity index (χ0) is 17.6. The standard InChI is InChI=1S/C19H16N2O4/c1-11-14(9-12-5-3-4-6-16(12)24-11)18(22)20-13-7-8-17-15(10-13)21(2)19(23)25-17/h3-8,10H,9H2,1-2H3,(H,20,22). The first-order valence-corrected chi connectivity index (χ1v) is 7.89. The number of anilines is 1. The number of benzene rings is 2. The third-order valence-electron chi connectivity index (χ3n) is 4.35. The van der Waals surface area contributed by atoms with E-state index < -0.39 is 5.76 Å². The molecule has 1 aliphatic rings. The SMILES string of the molecule is CC1=C(C(=O)Nc2ccc3oc(=O)n(C)c3c2)Cc2ccccc2O1. The number of carbonyl (C=O) groups is 1. The zero-order valence-corrected chi connectivity index (χ0v) is 13.8. The molecule has 1 amide bonds. The van der Waals surface area contributed by atoms with E-state index in [1.807, 2.05) is 24.3 Å². The molecule has 25 heavy (non-hydrogen) atoms. The van der Waals surface area contributed by atoms with Crippen LogP contribution < -0.4 is 15.8 Å². The van der Waals surface area contributed by atoms with Crippen LogP contribution in [0.5, 0.6) is 5.75 Å². The number of oxazole rings is 1. The maximum Gasteiger partial charge on any atom is 0.419 e. The van der Waals surface area contributed by atoms with Gasteiger partial charge in [0.25, 0.3) is 5.91 Å². The lowest BCUT2D eigenvalue weighted by Crippen LogP contribution is -2.21. The molecule has 2 aromatic carbocycles. The second kappa shape index (κ2) is 5.66. The quantitative estimate of drug-likeness (QED) is 0.781. The van der Waals surface area contributed by atoms with Crippen LogP contribution in [0.4, 0.5) is 5.69 Å². The zero-order valence-electron chi connectivity index (χ0n) is 13.8. The summed E-state index contributed by atoms with van der Waals surface area (Å²) in [5.41, 5.74) is 3.26. The van der Waals surface area contributed by atoms with Crippen molar-refractivity contribution in [2.45, 2.75) is 13.3 Å². The topological polar surface area (TPSA) is 73.5 Å². The summed E-state index contributed by atoms with van der Waals surface area (Å²) in [5, 5.41) is 2.87. The van der Waals surface area contributed by atoms with E-state index in [2.05, 4.69) is 5.32 Å². The number of aromatic nitrogens is 1. The molecule has 0 atom stereocenters. The van der Waals surface area contributed by atoms with Crippen LogP contribution in [0.25, 0.3) is 11.1 Å². The molecule has 1 aliphatic heterocycles. The van der Waals surface area contributed by atoms with Gasteiger partial charge in [-0.15, -0.1) is 0 Å². The van der Waals surface area contributed by atoms with Gasteiger partial charge in [-0.25, -0.2) is 4.79 Å². The highest BCUT2D eigenvalue weighted by molar-refractivity contribution is 6.05. The van der Waals surface area contributed by atoms with Crippen LogP contribution in [0.15, 0.2) is 63.0 Å². The van der Waals surface area contributed by atoms with Crippen LogP contribution in [-0.2, 0) is 18.3 Å². The first-order chi connectivity index (χ1) is 12.0. The van der Waals surface area contributed by atoms with E-state index in [4.69, 9.17) is 9.15 Å². The van der Waals surface area contributed by atoms with Gasteiger partial charge in [-0.05, 0) is 36.8 Å². The highest BCUT2D eigenvalue weighted by Crippen LogP contribution is 2.30. The maximum atomic E-state index is 12.7. The number of hydrogen-bond donors (Lipinski definition) is 1. The molecule has 0 bridgehead atoms. The van der Waals surface area contributed by atoms with Gasteiger partial charge >= 0.3 is 5.76 Å². The molecule has 0 radical (unpaired) electrons. The predicted octanol–water partition coefficient (Wildman–Crippen LogP) is 2.98. The van der Waals surface area contributed by atoms with Crippen molar-refractivity contribution in [3.05, 3.63) is 69.9 Å². The number of carbonyl (C=O) groups excluding carboxylic acids is 1. The first kappa shape index (κ1) is 15.3. The minimum atomic E-state index is -0.436. The van der Waals surface area contributed by atoms with Crippen molar-refractivity contribution in [1.29, 1.82) is 0 Å². The Kier molecular flexibility index (Phi) is 3.46. The van der Waals surface area contributed by atoms with Crippen molar-refractivity contribution in [3.63, 3.8) is 0 Å². The number of allylic oxidation sites excluding steroid dienone is 1. The largest absolute Gasteiger partial charge is 0.461 e. The van der Waals surface area contributed by atoms with Gasteiger partial charge in [-0.1, -0.05) is 18.2 Å². The Labute approximate surface area is 143 Å². The number of para-hydroxylation sites is 1. The third kappa shape index (κ3) is 2.61. The van der Waals surface area contributed by atoms with Gasteiger partial charge in [0.1, 0.15) is 11.5 Å². The molecule has 4 rings (SSSR count). The van der Waals surface area contributed by atoms with E-state index in [1.54, 1.807) is 32.2 Å². The molecule has 6 heteroatoms. The minimum Gasteiger partial charge on any atom is -0.461 e. The number of fused-ring (bicyclic) bond motifs is 2. The first-order valence-electron chi connectivity index (χ1n) is 7.89. The number of hydrogen-bond acceptors (Lipinski definition) is 4. The summed E-state index contributed by atoms with van der Waals surface area (Å²) in [6.45, 7) is 1.79. The summed E-state index contributed by atoms with van der Waals surface area (Å²) >= 11 is 0. The monoisotopic (exact) mass is 336 g/mol. The highest BCUT2D eigenvalue weighted by Gasteiger charge is 2.22. The molecular formula is C19H16N2O4. The van der Waals surface area contributed by atoms with Crippen molar-refractivity contribution >= 4 is 22.7 Å². The number of aryl methyl sites for hydroxylation is 1. The normalized spacial score (nSPS) is 13.5. The lowest BCUT2D eigenvalue weighted by molar-refractivity contribution is -0.113. The summed E-state index contributed by atoms with van der Waals surface area (Å²) in [7, 11) is 1.62. The lowest BCUT2D eigenvalue weighted by Gasteiger charge is -2.21. The highest BCUT2D eigenvalue weighted by atomic mass is 16.5. The summed E-state index contributed by atoms with van der Waals surface area (Å²) in [4.78, 5) is 24.2. The molecular weight excluding hydrogens is 320 g/mol. The number of nitrogens with zero attached hydrogens (tertiary/aromatic N) is 1. The van der Waals surface area contributed by atoms with E-state index in [0.717, 1.165) is 11.3 Å². The van der Waals surface area contributed by atoms with Crippen LogP contribution >= 0.6 is 0 Å². The second-order valence-corrected chi connectivity index (χ2v) is 5.98. The van der Waals surface area contributed by atoms with E-state index in [0.29, 0.717) is 34.5 Å². The molecule has 2 heterocycles. The molecule has 0 unspecified atom stereocenters. The smallest absolute Gasteiger partial charge is 0.419 e. The molecule has 0 aliphatic carbocycles. The lowest BCUT2D eigenvalue weighted by atomic mass is 10.00. The number of ether oxygens (including phenoxy) is 1. The summed E-state index contributed by atoms with van der Waals surface area (Å²) < 4.78 is 12.2. The Morgan fingerprint density at radius 3 is 2.84 bits per heavy atom. The maximum absolute atomic E-state index is 12.7. The molecule has 0 spiro atoms. The summed E-state index contributed by atoms with van der Waals surface area (Å²) in [5.74, 6) is 0.716. The molecule has 6 nitrogen and oxygen atoms in total. The van der Waals surface area contributed by atoms with E-state index in [1.165, 1.54) is 4.57 Å². The van der Waals surface area contributed by atoms with Crippen molar-refractivity contribution < 1.29 is 13.9 Å². The van der Waals surface area contributed by atoms with Gasteiger partial charge in [-0.3, -0.25) is 9.36 Å². The van der Waals surface area contributed by atoms with Gasteiger partial charge in [-0.2, -0.15) is 0 Å². The number of nitrogens with one attached hydrogen (secondary N) is 1. The molecule has 3 aromatic rings. The fourth-order valence-electron chi connectivity index (χ4n) is 2.94. The molecule has 1 aromatic heterocycles.